The molecule has 0 spiro atoms. The molecule has 1 amide bonds. The van der Waals surface area contributed by atoms with Gasteiger partial charge in [-0.1, -0.05) is 17.7 Å². The fraction of sp³-hybridized carbons (Fsp3) is 0.300. The number of esters is 1. The van der Waals surface area contributed by atoms with E-state index in [1.54, 1.807) is 45.2 Å². The summed E-state index contributed by atoms with van der Waals surface area (Å²) in [5.41, 5.74) is 1.77. The van der Waals surface area contributed by atoms with Gasteiger partial charge in [0.15, 0.2) is 6.10 Å². The summed E-state index contributed by atoms with van der Waals surface area (Å²) in [5.74, 6) is -0.103. The van der Waals surface area contributed by atoms with E-state index >= 15 is 0 Å². The highest BCUT2D eigenvalue weighted by molar-refractivity contribution is 8.00. The Morgan fingerprint density at radius 3 is 2.19 bits per heavy atom. The number of ether oxygens (including phenoxy) is 2. The molecule has 0 saturated carbocycles. The molecule has 138 valence electrons. The fourth-order valence-corrected chi connectivity index (χ4v) is 2.96. The molecule has 0 unspecified atom stereocenters. The van der Waals surface area contributed by atoms with Crippen LogP contribution in [0, 0.1) is 6.92 Å². The number of anilines is 1. The Hall–Kier alpha value is -2.47. The van der Waals surface area contributed by atoms with Crippen LogP contribution in [0.5, 0.6) is 5.75 Å². The highest BCUT2D eigenvalue weighted by atomic mass is 32.2. The lowest BCUT2D eigenvalue weighted by Gasteiger charge is -2.16. The maximum Gasteiger partial charge on any atom is 0.319 e. The Bertz CT molecular complexity index is 743. The van der Waals surface area contributed by atoms with Gasteiger partial charge in [-0.3, -0.25) is 9.59 Å². The quantitative estimate of drug-likeness (QED) is 0.586. The summed E-state index contributed by atoms with van der Waals surface area (Å²) in [5, 5.41) is 2.31. The van der Waals surface area contributed by atoms with E-state index < -0.39 is 17.3 Å². The summed E-state index contributed by atoms with van der Waals surface area (Å²) in [4.78, 5) is 25.4. The van der Waals surface area contributed by atoms with Gasteiger partial charge in [-0.15, -0.1) is 11.8 Å². The average Bonchev–Trinajstić information content (AvgIpc) is 2.64. The molecule has 0 aliphatic rings. The Kier molecular flexibility index (Phi) is 7.09. The minimum atomic E-state index is -0.884. The van der Waals surface area contributed by atoms with E-state index in [1.165, 1.54) is 11.8 Å². The Morgan fingerprint density at radius 2 is 1.62 bits per heavy atom. The molecular formula is C20H23NO4S. The van der Waals surface area contributed by atoms with Gasteiger partial charge >= 0.3 is 5.97 Å². The monoisotopic (exact) mass is 373 g/mol. The van der Waals surface area contributed by atoms with Crippen molar-refractivity contribution < 1.29 is 19.1 Å². The van der Waals surface area contributed by atoms with E-state index in [0.29, 0.717) is 11.4 Å². The van der Waals surface area contributed by atoms with Gasteiger partial charge in [0.1, 0.15) is 11.0 Å². The summed E-state index contributed by atoms with van der Waals surface area (Å²) in [7, 11) is 1.57. The smallest absolute Gasteiger partial charge is 0.319 e. The lowest BCUT2D eigenvalue weighted by Crippen LogP contribution is -2.32. The van der Waals surface area contributed by atoms with Crippen LogP contribution >= 0.6 is 11.8 Å². The predicted molar refractivity (Wildman–Crippen MR) is 104 cm³/mol. The van der Waals surface area contributed by atoms with E-state index in [-0.39, 0.29) is 5.91 Å². The summed E-state index contributed by atoms with van der Waals surface area (Å²) >= 11 is 1.40. The molecule has 5 nitrogen and oxygen atoms in total. The number of carbonyl (C=O) groups is 2. The number of methoxy groups -OCH3 is 1. The zero-order valence-corrected chi connectivity index (χ0v) is 16.1. The van der Waals surface area contributed by atoms with Gasteiger partial charge in [0, 0.05) is 10.6 Å². The van der Waals surface area contributed by atoms with Crippen molar-refractivity contribution in [3.63, 3.8) is 0 Å². The lowest BCUT2D eigenvalue weighted by molar-refractivity contribution is -0.152. The van der Waals surface area contributed by atoms with Crippen molar-refractivity contribution in [2.24, 2.45) is 0 Å². The van der Waals surface area contributed by atoms with E-state index in [2.05, 4.69) is 5.32 Å². The minimum Gasteiger partial charge on any atom is -0.497 e. The number of nitrogens with one attached hydrogen (secondary N) is 1. The van der Waals surface area contributed by atoms with Crippen molar-refractivity contribution in [2.45, 2.75) is 37.0 Å². The first-order chi connectivity index (χ1) is 12.4. The van der Waals surface area contributed by atoms with Crippen molar-refractivity contribution in [3.05, 3.63) is 54.1 Å². The SMILES string of the molecule is COc1ccc(NC(=O)[C@H](C)OC(=O)[C@@H](C)Sc2ccc(C)cc2)cc1. The highest BCUT2D eigenvalue weighted by Crippen LogP contribution is 2.24. The van der Waals surface area contributed by atoms with Gasteiger partial charge in [0.05, 0.1) is 7.11 Å². The molecule has 2 aromatic carbocycles. The molecule has 0 radical (unpaired) electrons. The Labute approximate surface area is 158 Å². The first kappa shape index (κ1) is 19.8. The lowest BCUT2D eigenvalue weighted by atomic mass is 10.2. The van der Waals surface area contributed by atoms with E-state index in [9.17, 15) is 9.59 Å². The molecule has 2 aromatic rings. The Balaban J connectivity index is 1.86. The molecule has 0 saturated heterocycles. The number of hydrogen-bond donors (Lipinski definition) is 1. The molecule has 2 rings (SSSR count). The topological polar surface area (TPSA) is 64.6 Å². The second-order valence-electron chi connectivity index (χ2n) is 5.87. The molecule has 0 aliphatic heterocycles. The van der Waals surface area contributed by atoms with Crippen LogP contribution in [0.25, 0.3) is 0 Å². The van der Waals surface area contributed by atoms with Crippen LogP contribution < -0.4 is 10.1 Å². The molecular weight excluding hydrogens is 350 g/mol. The summed E-state index contributed by atoms with van der Waals surface area (Å²) in [6.45, 7) is 5.33. The van der Waals surface area contributed by atoms with Gasteiger partial charge in [-0.2, -0.15) is 0 Å². The zero-order valence-electron chi connectivity index (χ0n) is 15.3. The molecule has 1 N–H and O–H groups in total. The first-order valence-electron chi connectivity index (χ1n) is 8.28. The maximum absolute atomic E-state index is 12.2. The minimum absolute atomic E-state index is 0.379. The zero-order chi connectivity index (χ0) is 19.1. The van der Waals surface area contributed by atoms with Gasteiger partial charge < -0.3 is 14.8 Å². The second kappa shape index (κ2) is 9.29. The number of amides is 1. The molecule has 0 bridgehead atoms. The van der Waals surface area contributed by atoms with Gasteiger partial charge in [-0.05, 0) is 57.2 Å². The van der Waals surface area contributed by atoms with Gasteiger partial charge in [0.2, 0.25) is 0 Å². The van der Waals surface area contributed by atoms with Crippen LogP contribution in [-0.2, 0) is 14.3 Å². The van der Waals surface area contributed by atoms with Crippen molar-refractivity contribution >= 4 is 29.3 Å². The van der Waals surface area contributed by atoms with E-state index in [4.69, 9.17) is 9.47 Å². The number of thioether (sulfide) groups is 1. The molecule has 2 atom stereocenters. The van der Waals surface area contributed by atoms with Gasteiger partial charge in [0.25, 0.3) is 5.91 Å². The van der Waals surface area contributed by atoms with Crippen LogP contribution in [-0.4, -0.2) is 30.3 Å². The third-order valence-electron chi connectivity index (χ3n) is 3.69. The molecule has 6 heteroatoms. The average molecular weight is 373 g/mol. The fourth-order valence-electron chi connectivity index (χ4n) is 2.11. The van der Waals surface area contributed by atoms with Crippen LogP contribution in [0.1, 0.15) is 19.4 Å². The molecule has 26 heavy (non-hydrogen) atoms. The molecule has 0 aliphatic carbocycles. The first-order valence-corrected chi connectivity index (χ1v) is 9.15. The third-order valence-corrected chi connectivity index (χ3v) is 4.78. The van der Waals surface area contributed by atoms with E-state index in [1.807, 2.05) is 31.2 Å². The maximum atomic E-state index is 12.2. The van der Waals surface area contributed by atoms with Gasteiger partial charge in [-0.25, -0.2) is 0 Å². The standard InChI is InChI=1S/C20H23NO4S/c1-13-5-11-18(12-6-13)26-15(3)20(23)25-14(2)19(22)21-16-7-9-17(24-4)10-8-16/h5-12,14-15H,1-4H3,(H,21,22)/t14-,15+/m0/s1. The van der Waals surface area contributed by atoms with Crippen molar-refractivity contribution in [3.8, 4) is 5.75 Å². The normalized spacial score (nSPS) is 12.8. The number of aryl methyl sites for hydroxylation is 1. The van der Waals surface area contributed by atoms with Crippen molar-refractivity contribution in [1.82, 2.24) is 0 Å². The van der Waals surface area contributed by atoms with Crippen LogP contribution in [0.3, 0.4) is 0 Å². The summed E-state index contributed by atoms with van der Waals surface area (Å²) in [6, 6.07) is 14.8. The number of carbonyl (C=O) groups excluding carboxylic acids is 2. The summed E-state index contributed by atoms with van der Waals surface area (Å²) < 4.78 is 10.4. The largest absolute Gasteiger partial charge is 0.497 e. The summed E-state index contributed by atoms with van der Waals surface area (Å²) in [6.07, 6.45) is -0.884. The highest BCUT2D eigenvalue weighted by Gasteiger charge is 2.22. The third kappa shape index (κ3) is 5.81. The predicted octanol–water partition coefficient (Wildman–Crippen LogP) is 4.05. The number of hydrogen-bond acceptors (Lipinski definition) is 5. The van der Waals surface area contributed by atoms with Crippen molar-refractivity contribution in [2.75, 3.05) is 12.4 Å². The molecule has 0 fully saturated rings. The molecule has 0 aromatic heterocycles. The number of rotatable bonds is 7. The van der Waals surface area contributed by atoms with Crippen molar-refractivity contribution in [1.29, 1.82) is 0 Å². The van der Waals surface area contributed by atoms with Crippen LogP contribution in [0.4, 0.5) is 5.69 Å². The Morgan fingerprint density at radius 1 is 1.00 bits per heavy atom. The number of benzene rings is 2. The second-order valence-corrected chi connectivity index (χ2v) is 7.28. The van der Waals surface area contributed by atoms with Crippen LogP contribution in [0.15, 0.2) is 53.4 Å². The van der Waals surface area contributed by atoms with E-state index in [0.717, 1.165) is 10.5 Å². The van der Waals surface area contributed by atoms with Crippen LogP contribution in [0.2, 0.25) is 0 Å². The molecule has 0 heterocycles.